The van der Waals surface area contributed by atoms with Crippen LogP contribution >= 0.6 is 0 Å². The van der Waals surface area contributed by atoms with Gasteiger partial charge < -0.3 is 19.5 Å². The zero-order valence-corrected chi connectivity index (χ0v) is 14.3. The number of amides is 1. The molecule has 128 valence electrons. The van der Waals surface area contributed by atoms with Crippen LogP contribution < -0.4 is 14.8 Å². The second kappa shape index (κ2) is 8.93. The van der Waals surface area contributed by atoms with E-state index in [-0.39, 0.29) is 5.91 Å². The fourth-order valence-electron chi connectivity index (χ4n) is 2.26. The van der Waals surface area contributed by atoms with Gasteiger partial charge >= 0.3 is 0 Å². The minimum Gasteiger partial charge on any atom is -0.497 e. The monoisotopic (exact) mass is 329 g/mol. The SMILES string of the molecule is CCCOCc1cc(C(=O)Nc2cccc(OC)c2)ccc1OC. The quantitative estimate of drug-likeness (QED) is 0.747. The number of hydrogen-bond acceptors (Lipinski definition) is 4. The molecule has 2 aromatic rings. The van der Waals surface area contributed by atoms with Crippen molar-refractivity contribution in [2.75, 3.05) is 26.1 Å². The summed E-state index contributed by atoms with van der Waals surface area (Å²) in [4.78, 5) is 12.5. The summed E-state index contributed by atoms with van der Waals surface area (Å²) in [5.41, 5.74) is 2.08. The van der Waals surface area contributed by atoms with Crippen molar-refractivity contribution >= 4 is 11.6 Å². The van der Waals surface area contributed by atoms with Crippen LogP contribution in [0.1, 0.15) is 29.3 Å². The van der Waals surface area contributed by atoms with Gasteiger partial charge in [0.25, 0.3) is 5.91 Å². The molecule has 0 unspecified atom stereocenters. The zero-order valence-electron chi connectivity index (χ0n) is 14.3. The van der Waals surface area contributed by atoms with Gasteiger partial charge in [-0.25, -0.2) is 0 Å². The van der Waals surface area contributed by atoms with Crippen LogP contribution in [-0.2, 0) is 11.3 Å². The van der Waals surface area contributed by atoms with Crippen LogP contribution in [0.2, 0.25) is 0 Å². The highest BCUT2D eigenvalue weighted by atomic mass is 16.5. The molecule has 24 heavy (non-hydrogen) atoms. The van der Waals surface area contributed by atoms with Crippen LogP contribution in [-0.4, -0.2) is 26.7 Å². The van der Waals surface area contributed by atoms with E-state index in [1.54, 1.807) is 38.5 Å². The molecule has 2 rings (SSSR count). The summed E-state index contributed by atoms with van der Waals surface area (Å²) in [6, 6.07) is 12.5. The van der Waals surface area contributed by atoms with E-state index in [0.717, 1.165) is 12.0 Å². The maximum atomic E-state index is 12.5. The molecule has 0 saturated heterocycles. The largest absolute Gasteiger partial charge is 0.497 e. The number of methoxy groups -OCH3 is 2. The molecule has 0 aromatic heterocycles. The Morgan fingerprint density at radius 2 is 1.92 bits per heavy atom. The minimum atomic E-state index is -0.192. The van der Waals surface area contributed by atoms with E-state index in [4.69, 9.17) is 14.2 Å². The molecule has 0 radical (unpaired) electrons. The topological polar surface area (TPSA) is 56.8 Å². The Labute approximate surface area is 142 Å². The van der Waals surface area contributed by atoms with Crippen LogP contribution in [0.15, 0.2) is 42.5 Å². The molecule has 2 aromatic carbocycles. The molecule has 1 N–H and O–H groups in total. The predicted octanol–water partition coefficient (Wildman–Crippen LogP) is 3.88. The van der Waals surface area contributed by atoms with Gasteiger partial charge in [0.1, 0.15) is 11.5 Å². The highest BCUT2D eigenvalue weighted by Crippen LogP contribution is 2.22. The molecule has 0 bridgehead atoms. The average Bonchev–Trinajstić information content (AvgIpc) is 2.62. The third kappa shape index (κ3) is 4.73. The summed E-state index contributed by atoms with van der Waals surface area (Å²) in [7, 11) is 3.20. The predicted molar refractivity (Wildman–Crippen MR) is 93.9 cm³/mol. The third-order valence-electron chi connectivity index (χ3n) is 3.48. The van der Waals surface area contributed by atoms with Crippen molar-refractivity contribution in [2.24, 2.45) is 0 Å². The summed E-state index contributed by atoms with van der Waals surface area (Å²) >= 11 is 0. The first kappa shape index (κ1) is 17.8. The first-order chi connectivity index (χ1) is 11.7. The summed E-state index contributed by atoms with van der Waals surface area (Å²) < 4.78 is 16.1. The number of nitrogens with one attached hydrogen (secondary N) is 1. The second-order valence-corrected chi connectivity index (χ2v) is 5.27. The van der Waals surface area contributed by atoms with Gasteiger partial charge in [-0.1, -0.05) is 13.0 Å². The van der Waals surface area contributed by atoms with Crippen molar-refractivity contribution in [3.05, 3.63) is 53.6 Å². The van der Waals surface area contributed by atoms with Gasteiger partial charge in [0.2, 0.25) is 0 Å². The second-order valence-electron chi connectivity index (χ2n) is 5.27. The zero-order chi connectivity index (χ0) is 17.4. The van der Waals surface area contributed by atoms with Crippen molar-refractivity contribution < 1.29 is 19.0 Å². The Morgan fingerprint density at radius 1 is 1.08 bits per heavy atom. The highest BCUT2D eigenvalue weighted by molar-refractivity contribution is 6.04. The Morgan fingerprint density at radius 3 is 2.62 bits per heavy atom. The maximum absolute atomic E-state index is 12.5. The number of benzene rings is 2. The van der Waals surface area contributed by atoms with Gasteiger partial charge in [-0.2, -0.15) is 0 Å². The van der Waals surface area contributed by atoms with Gasteiger partial charge in [-0.05, 0) is 36.8 Å². The normalized spacial score (nSPS) is 10.3. The molecule has 0 atom stereocenters. The first-order valence-electron chi connectivity index (χ1n) is 7.88. The van der Waals surface area contributed by atoms with Crippen LogP contribution in [0, 0.1) is 0 Å². The lowest BCUT2D eigenvalue weighted by atomic mass is 10.1. The Balaban J connectivity index is 2.14. The van der Waals surface area contributed by atoms with E-state index in [2.05, 4.69) is 12.2 Å². The van der Waals surface area contributed by atoms with Crippen LogP contribution in [0.4, 0.5) is 5.69 Å². The number of hydrogen-bond donors (Lipinski definition) is 1. The average molecular weight is 329 g/mol. The standard InChI is InChI=1S/C19H23NO4/c1-4-10-24-13-15-11-14(8-9-18(15)23-3)19(21)20-16-6-5-7-17(12-16)22-2/h5-9,11-12H,4,10,13H2,1-3H3,(H,20,21). The van der Waals surface area contributed by atoms with Crippen molar-refractivity contribution in [3.63, 3.8) is 0 Å². The van der Waals surface area contributed by atoms with E-state index >= 15 is 0 Å². The Kier molecular flexibility index (Phi) is 6.63. The lowest BCUT2D eigenvalue weighted by Gasteiger charge is -2.12. The molecule has 0 saturated carbocycles. The smallest absolute Gasteiger partial charge is 0.255 e. The summed E-state index contributed by atoms with van der Waals surface area (Å²) in [6.07, 6.45) is 0.943. The molecule has 5 heteroatoms. The van der Waals surface area contributed by atoms with Gasteiger partial charge in [0, 0.05) is 29.5 Å². The molecule has 0 aliphatic carbocycles. The fourth-order valence-corrected chi connectivity index (χ4v) is 2.26. The van der Waals surface area contributed by atoms with E-state index < -0.39 is 0 Å². The van der Waals surface area contributed by atoms with Gasteiger partial charge in [0.05, 0.1) is 20.8 Å². The van der Waals surface area contributed by atoms with Crippen molar-refractivity contribution in [1.82, 2.24) is 0 Å². The minimum absolute atomic E-state index is 0.192. The number of ether oxygens (including phenoxy) is 3. The molecule has 0 heterocycles. The molecule has 0 aliphatic heterocycles. The lowest BCUT2D eigenvalue weighted by Crippen LogP contribution is -2.12. The Bertz CT molecular complexity index is 685. The molecule has 0 aliphatic rings. The third-order valence-corrected chi connectivity index (χ3v) is 3.48. The number of anilines is 1. The van der Waals surface area contributed by atoms with E-state index in [1.807, 2.05) is 18.2 Å². The van der Waals surface area contributed by atoms with Crippen molar-refractivity contribution in [2.45, 2.75) is 20.0 Å². The van der Waals surface area contributed by atoms with Crippen LogP contribution in [0.3, 0.4) is 0 Å². The molecule has 0 spiro atoms. The highest BCUT2D eigenvalue weighted by Gasteiger charge is 2.11. The maximum Gasteiger partial charge on any atom is 0.255 e. The number of rotatable bonds is 8. The lowest BCUT2D eigenvalue weighted by molar-refractivity contribution is 0.102. The van der Waals surface area contributed by atoms with E-state index in [0.29, 0.717) is 36.0 Å². The van der Waals surface area contributed by atoms with Gasteiger partial charge in [-0.3, -0.25) is 4.79 Å². The van der Waals surface area contributed by atoms with Gasteiger partial charge in [0.15, 0.2) is 0 Å². The summed E-state index contributed by atoms with van der Waals surface area (Å²) in [5, 5.41) is 2.86. The van der Waals surface area contributed by atoms with Crippen molar-refractivity contribution in [3.8, 4) is 11.5 Å². The van der Waals surface area contributed by atoms with Crippen LogP contribution in [0.25, 0.3) is 0 Å². The molecule has 5 nitrogen and oxygen atoms in total. The number of carbonyl (C=O) groups is 1. The van der Waals surface area contributed by atoms with E-state index in [9.17, 15) is 4.79 Å². The van der Waals surface area contributed by atoms with Gasteiger partial charge in [-0.15, -0.1) is 0 Å². The molecular formula is C19H23NO4. The first-order valence-corrected chi connectivity index (χ1v) is 7.88. The van der Waals surface area contributed by atoms with Crippen molar-refractivity contribution in [1.29, 1.82) is 0 Å². The Hall–Kier alpha value is -2.53. The molecule has 0 fully saturated rings. The molecule has 1 amide bonds. The van der Waals surface area contributed by atoms with E-state index in [1.165, 1.54) is 0 Å². The summed E-state index contributed by atoms with van der Waals surface area (Å²) in [6.45, 7) is 3.13. The number of carbonyl (C=O) groups excluding carboxylic acids is 1. The fraction of sp³-hybridized carbons (Fsp3) is 0.316. The summed E-state index contributed by atoms with van der Waals surface area (Å²) in [5.74, 6) is 1.21. The van der Waals surface area contributed by atoms with Crippen LogP contribution in [0.5, 0.6) is 11.5 Å². The molecular weight excluding hydrogens is 306 g/mol.